The number of likely N-dealkylation sites (N-methyl/N-ethyl adjacent to an activating group) is 1. The molecule has 0 saturated carbocycles. The highest BCUT2D eigenvalue weighted by molar-refractivity contribution is 6.29. The molecule has 7 heteroatoms. The second-order valence-corrected chi connectivity index (χ2v) is 6.71. The smallest absolute Gasteiger partial charge is 0.191 e. The number of nitrogens with one attached hydrogen (secondary N) is 2. The van der Waals surface area contributed by atoms with Gasteiger partial charge in [0.2, 0.25) is 0 Å². The molecule has 1 aromatic rings. The summed E-state index contributed by atoms with van der Waals surface area (Å²) in [4.78, 5) is 10.7. The summed E-state index contributed by atoms with van der Waals surface area (Å²) in [6, 6.07) is 3.81. The zero-order chi connectivity index (χ0) is 17.4. The van der Waals surface area contributed by atoms with E-state index in [2.05, 4.69) is 39.6 Å². The Morgan fingerprint density at radius 3 is 2.67 bits per heavy atom. The van der Waals surface area contributed by atoms with Crippen LogP contribution in [0.15, 0.2) is 23.3 Å². The van der Waals surface area contributed by atoms with Crippen LogP contribution in [0.2, 0.25) is 5.15 Å². The molecule has 0 bridgehead atoms. The molecular formula is C17H28ClN5O. The van der Waals surface area contributed by atoms with E-state index in [0.29, 0.717) is 5.15 Å². The van der Waals surface area contributed by atoms with Crippen molar-refractivity contribution in [3.8, 4) is 0 Å². The van der Waals surface area contributed by atoms with Crippen LogP contribution in [0.5, 0.6) is 0 Å². The van der Waals surface area contributed by atoms with Gasteiger partial charge in [-0.2, -0.15) is 0 Å². The first kappa shape index (κ1) is 19.0. The van der Waals surface area contributed by atoms with Crippen molar-refractivity contribution >= 4 is 17.6 Å². The number of hydrogen-bond donors (Lipinski definition) is 2. The Morgan fingerprint density at radius 2 is 2.08 bits per heavy atom. The van der Waals surface area contributed by atoms with E-state index in [0.717, 1.165) is 57.1 Å². The quantitative estimate of drug-likeness (QED) is 0.461. The molecular weight excluding hydrogens is 326 g/mol. The number of nitrogens with zero attached hydrogens (tertiary/aromatic N) is 3. The van der Waals surface area contributed by atoms with Crippen LogP contribution in [0.1, 0.15) is 18.4 Å². The average molecular weight is 354 g/mol. The van der Waals surface area contributed by atoms with Crippen molar-refractivity contribution in [3.63, 3.8) is 0 Å². The minimum Gasteiger partial charge on any atom is -0.381 e. The molecule has 2 heterocycles. The van der Waals surface area contributed by atoms with Crippen LogP contribution in [0.3, 0.4) is 0 Å². The lowest BCUT2D eigenvalue weighted by Gasteiger charge is -2.43. The molecule has 0 atom stereocenters. The Kier molecular flexibility index (Phi) is 7.27. The Morgan fingerprint density at radius 1 is 1.33 bits per heavy atom. The normalized spacial score (nSPS) is 17.8. The van der Waals surface area contributed by atoms with Gasteiger partial charge < -0.3 is 20.3 Å². The predicted octanol–water partition coefficient (Wildman–Crippen LogP) is 1.55. The van der Waals surface area contributed by atoms with Crippen LogP contribution in [-0.4, -0.2) is 68.8 Å². The summed E-state index contributed by atoms with van der Waals surface area (Å²) >= 11 is 5.80. The predicted molar refractivity (Wildman–Crippen MR) is 98.8 cm³/mol. The first-order chi connectivity index (χ1) is 11.6. The number of guanidine groups is 1. The highest BCUT2D eigenvalue weighted by atomic mass is 35.5. The summed E-state index contributed by atoms with van der Waals surface area (Å²) in [6.45, 7) is 3.28. The summed E-state index contributed by atoms with van der Waals surface area (Å²) in [5, 5.41) is 7.34. The molecule has 1 aliphatic rings. The first-order valence-electron chi connectivity index (χ1n) is 8.36. The van der Waals surface area contributed by atoms with Crippen LogP contribution in [-0.2, 0) is 11.2 Å². The first-order valence-corrected chi connectivity index (χ1v) is 8.74. The fourth-order valence-electron chi connectivity index (χ4n) is 2.88. The standard InChI is InChI=1S/C17H28ClN5O/c1-19-16(20-9-6-14-4-5-15(18)21-12-14)22-13-17(23(2)3)7-10-24-11-8-17/h4-5,12H,6-11,13H2,1-3H3,(H2,19,20,22). The number of pyridine rings is 1. The van der Waals surface area contributed by atoms with Gasteiger partial charge in [-0.15, -0.1) is 0 Å². The van der Waals surface area contributed by atoms with Crippen LogP contribution in [0.25, 0.3) is 0 Å². The molecule has 0 radical (unpaired) electrons. The molecule has 2 rings (SSSR count). The van der Waals surface area contributed by atoms with E-state index in [1.165, 1.54) is 0 Å². The lowest BCUT2D eigenvalue weighted by molar-refractivity contribution is -0.00500. The highest BCUT2D eigenvalue weighted by Crippen LogP contribution is 2.24. The fraction of sp³-hybridized carbons (Fsp3) is 0.647. The van der Waals surface area contributed by atoms with E-state index in [4.69, 9.17) is 16.3 Å². The monoisotopic (exact) mass is 353 g/mol. The fourth-order valence-corrected chi connectivity index (χ4v) is 2.99. The van der Waals surface area contributed by atoms with E-state index in [-0.39, 0.29) is 5.54 Å². The summed E-state index contributed by atoms with van der Waals surface area (Å²) in [6.07, 6.45) is 4.74. The third-order valence-corrected chi connectivity index (χ3v) is 4.90. The van der Waals surface area contributed by atoms with Crippen molar-refractivity contribution in [2.75, 3.05) is 47.4 Å². The van der Waals surface area contributed by atoms with Crippen molar-refractivity contribution in [1.29, 1.82) is 0 Å². The highest BCUT2D eigenvalue weighted by Gasteiger charge is 2.34. The van der Waals surface area contributed by atoms with Crippen molar-refractivity contribution in [2.45, 2.75) is 24.8 Å². The molecule has 0 amide bonds. The molecule has 24 heavy (non-hydrogen) atoms. The molecule has 0 aromatic carbocycles. The molecule has 1 fully saturated rings. The molecule has 1 aromatic heterocycles. The molecule has 0 aliphatic carbocycles. The summed E-state index contributed by atoms with van der Waals surface area (Å²) in [5.41, 5.74) is 1.27. The average Bonchev–Trinajstić information content (AvgIpc) is 2.60. The van der Waals surface area contributed by atoms with Crippen LogP contribution in [0.4, 0.5) is 0 Å². The lowest BCUT2D eigenvalue weighted by Crippen LogP contribution is -2.57. The Bertz CT molecular complexity index is 526. The summed E-state index contributed by atoms with van der Waals surface area (Å²) in [5.74, 6) is 0.824. The van der Waals surface area contributed by atoms with Gasteiger partial charge in [0, 0.05) is 45.1 Å². The van der Waals surface area contributed by atoms with Crippen LogP contribution in [0, 0.1) is 0 Å². The Labute approximate surface area is 149 Å². The maximum absolute atomic E-state index is 5.80. The van der Waals surface area contributed by atoms with Crippen molar-refractivity contribution in [2.24, 2.45) is 4.99 Å². The van der Waals surface area contributed by atoms with E-state index in [9.17, 15) is 0 Å². The van der Waals surface area contributed by atoms with Gasteiger partial charge in [0.1, 0.15) is 5.15 Å². The van der Waals surface area contributed by atoms with Crippen LogP contribution < -0.4 is 10.6 Å². The largest absolute Gasteiger partial charge is 0.381 e. The molecule has 1 aliphatic heterocycles. The topological polar surface area (TPSA) is 61.8 Å². The number of ether oxygens (including phenoxy) is 1. The second-order valence-electron chi connectivity index (χ2n) is 6.32. The number of aliphatic imine (C=N–C) groups is 1. The lowest BCUT2D eigenvalue weighted by atomic mass is 9.88. The minimum atomic E-state index is 0.121. The maximum Gasteiger partial charge on any atom is 0.191 e. The number of rotatable bonds is 6. The van der Waals surface area contributed by atoms with E-state index >= 15 is 0 Å². The summed E-state index contributed by atoms with van der Waals surface area (Å²) < 4.78 is 5.51. The summed E-state index contributed by atoms with van der Waals surface area (Å²) in [7, 11) is 6.07. The Balaban J connectivity index is 1.80. The molecule has 2 N–H and O–H groups in total. The molecule has 134 valence electrons. The van der Waals surface area contributed by atoms with Gasteiger partial charge in [-0.1, -0.05) is 17.7 Å². The zero-order valence-electron chi connectivity index (χ0n) is 14.8. The van der Waals surface area contributed by atoms with Gasteiger partial charge in [-0.3, -0.25) is 4.99 Å². The third kappa shape index (κ3) is 5.33. The van der Waals surface area contributed by atoms with Crippen molar-refractivity contribution < 1.29 is 4.74 Å². The SMILES string of the molecule is CN=C(NCCc1ccc(Cl)nc1)NCC1(N(C)C)CCOCC1. The van der Waals surface area contributed by atoms with Crippen LogP contribution >= 0.6 is 11.6 Å². The van der Waals surface area contributed by atoms with E-state index < -0.39 is 0 Å². The molecule has 1 saturated heterocycles. The van der Waals surface area contributed by atoms with Gasteiger partial charge in [-0.05, 0) is 45.0 Å². The van der Waals surface area contributed by atoms with E-state index in [1.54, 1.807) is 7.05 Å². The molecule has 6 nitrogen and oxygen atoms in total. The van der Waals surface area contributed by atoms with Crippen molar-refractivity contribution in [1.82, 2.24) is 20.5 Å². The van der Waals surface area contributed by atoms with Gasteiger partial charge in [-0.25, -0.2) is 4.98 Å². The van der Waals surface area contributed by atoms with Gasteiger partial charge in [0.25, 0.3) is 0 Å². The van der Waals surface area contributed by atoms with Crippen molar-refractivity contribution in [3.05, 3.63) is 29.0 Å². The second kappa shape index (κ2) is 9.20. The molecule has 0 unspecified atom stereocenters. The molecule has 0 spiro atoms. The van der Waals surface area contributed by atoms with Gasteiger partial charge >= 0.3 is 0 Å². The van der Waals surface area contributed by atoms with Gasteiger partial charge in [0.15, 0.2) is 5.96 Å². The number of aromatic nitrogens is 1. The number of hydrogen-bond acceptors (Lipinski definition) is 4. The minimum absolute atomic E-state index is 0.121. The number of halogens is 1. The zero-order valence-corrected chi connectivity index (χ0v) is 15.6. The Hall–Kier alpha value is -1.37. The van der Waals surface area contributed by atoms with Gasteiger partial charge in [0.05, 0.1) is 0 Å². The van der Waals surface area contributed by atoms with E-state index in [1.807, 2.05) is 18.3 Å². The maximum atomic E-state index is 5.80. The third-order valence-electron chi connectivity index (χ3n) is 4.68.